The van der Waals surface area contributed by atoms with Crippen LogP contribution in [0.25, 0.3) is 0 Å². The van der Waals surface area contributed by atoms with Gasteiger partial charge in [-0.3, -0.25) is 4.79 Å². The van der Waals surface area contributed by atoms with E-state index in [1.807, 2.05) is 25.1 Å². The fraction of sp³-hybridized carbons (Fsp3) is 0.533. The van der Waals surface area contributed by atoms with Crippen LogP contribution < -0.4 is 15.4 Å². The van der Waals surface area contributed by atoms with E-state index in [9.17, 15) is 4.79 Å². The number of hydrogen-bond acceptors (Lipinski definition) is 3. The number of carbonyl (C=O) groups is 1. The zero-order chi connectivity index (χ0) is 13.9. The van der Waals surface area contributed by atoms with Crippen LogP contribution >= 0.6 is 0 Å². The third kappa shape index (κ3) is 2.73. The Morgan fingerprint density at radius 1 is 1.53 bits per heavy atom. The molecule has 0 aliphatic carbocycles. The Kier molecular flexibility index (Phi) is 4.10. The summed E-state index contributed by atoms with van der Waals surface area (Å²) in [5.41, 5.74) is 1.60. The van der Waals surface area contributed by atoms with Gasteiger partial charge in [-0.25, -0.2) is 0 Å². The van der Waals surface area contributed by atoms with Crippen molar-refractivity contribution in [3.63, 3.8) is 0 Å². The molecule has 1 amide bonds. The molecule has 1 aliphatic heterocycles. The number of benzene rings is 1. The van der Waals surface area contributed by atoms with Crippen LogP contribution in [0.3, 0.4) is 0 Å². The fourth-order valence-corrected chi connectivity index (χ4v) is 2.62. The first-order valence-electron chi connectivity index (χ1n) is 6.78. The van der Waals surface area contributed by atoms with E-state index in [0.717, 1.165) is 42.9 Å². The maximum absolute atomic E-state index is 12.5. The summed E-state index contributed by atoms with van der Waals surface area (Å²) in [5.74, 6) is 0.954. The van der Waals surface area contributed by atoms with E-state index in [2.05, 4.69) is 17.6 Å². The van der Waals surface area contributed by atoms with Crippen molar-refractivity contribution in [1.29, 1.82) is 0 Å². The topological polar surface area (TPSA) is 50.4 Å². The monoisotopic (exact) mass is 262 g/mol. The predicted molar refractivity (Wildman–Crippen MR) is 76.6 cm³/mol. The summed E-state index contributed by atoms with van der Waals surface area (Å²) in [6, 6.07) is 5.72. The number of hydrogen-bond donors (Lipinski definition) is 2. The van der Waals surface area contributed by atoms with Crippen LogP contribution in [0.1, 0.15) is 25.3 Å². The van der Waals surface area contributed by atoms with Gasteiger partial charge in [-0.1, -0.05) is 6.92 Å². The normalized spacial score (nSPS) is 22.3. The molecule has 1 saturated heterocycles. The minimum atomic E-state index is -0.256. The van der Waals surface area contributed by atoms with Crippen molar-refractivity contribution in [3.8, 4) is 5.75 Å². The van der Waals surface area contributed by atoms with Crippen LogP contribution in [0, 0.1) is 12.3 Å². The second-order valence-electron chi connectivity index (χ2n) is 5.20. The molecule has 104 valence electrons. The Balaban J connectivity index is 2.12. The highest BCUT2D eigenvalue weighted by molar-refractivity contribution is 5.95. The zero-order valence-electron chi connectivity index (χ0n) is 11.9. The van der Waals surface area contributed by atoms with Crippen LogP contribution in [0.2, 0.25) is 0 Å². The number of ether oxygens (including phenoxy) is 1. The Hall–Kier alpha value is -1.55. The first kappa shape index (κ1) is 13.9. The first-order chi connectivity index (χ1) is 9.11. The van der Waals surface area contributed by atoms with Gasteiger partial charge in [0.1, 0.15) is 5.75 Å². The van der Waals surface area contributed by atoms with Gasteiger partial charge in [-0.15, -0.1) is 0 Å². The molecule has 0 radical (unpaired) electrons. The molecular weight excluding hydrogens is 240 g/mol. The van der Waals surface area contributed by atoms with Crippen molar-refractivity contribution < 1.29 is 9.53 Å². The van der Waals surface area contributed by atoms with E-state index in [0.29, 0.717) is 0 Å². The smallest absolute Gasteiger partial charge is 0.231 e. The molecule has 1 aromatic rings. The van der Waals surface area contributed by atoms with E-state index in [-0.39, 0.29) is 11.3 Å². The molecule has 2 rings (SSSR count). The van der Waals surface area contributed by atoms with E-state index < -0.39 is 0 Å². The second-order valence-corrected chi connectivity index (χ2v) is 5.20. The van der Waals surface area contributed by atoms with Gasteiger partial charge in [0.05, 0.1) is 12.5 Å². The highest BCUT2D eigenvalue weighted by Gasteiger charge is 2.39. The molecule has 1 atom stereocenters. The Labute approximate surface area is 114 Å². The summed E-state index contributed by atoms with van der Waals surface area (Å²) < 4.78 is 5.22. The molecule has 19 heavy (non-hydrogen) atoms. The first-order valence-corrected chi connectivity index (χ1v) is 6.78. The Bertz CT molecular complexity index is 465. The predicted octanol–water partition coefficient (Wildman–Crippen LogP) is 2.33. The minimum Gasteiger partial charge on any atom is -0.496 e. The van der Waals surface area contributed by atoms with Crippen molar-refractivity contribution in [1.82, 2.24) is 5.32 Å². The molecule has 1 unspecified atom stereocenters. The van der Waals surface area contributed by atoms with Crippen LogP contribution in [0.5, 0.6) is 5.75 Å². The average molecular weight is 262 g/mol. The SMILES string of the molecule is CCC1(C(=O)Nc2ccc(OC)c(C)c2)CCNC1. The van der Waals surface area contributed by atoms with Crippen LogP contribution in [-0.4, -0.2) is 26.1 Å². The molecule has 4 nitrogen and oxygen atoms in total. The summed E-state index contributed by atoms with van der Waals surface area (Å²) >= 11 is 0. The Morgan fingerprint density at radius 2 is 2.32 bits per heavy atom. The lowest BCUT2D eigenvalue weighted by Gasteiger charge is -2.25. The van der Waals surface area contributed by atoms with Crippen molar-refractivity contribution >= 4 is 11.6 Å². The summed E-state index contributed by atoms with van der Waals surface area (Å²) in [6.45, 7) is 5.74. The second kappa shape index (κ2) is 5.61. The highest BCUT2D eigenvalue weighted by atomic mass is 16.5. The van der Waals surface area contributed by atoms with Gasteiger partial charge in [0.25, 0.3) is 0 Å². The summed E-state index contributed by atoms with van der Waals surface area (Å²) in [5, 5.41) is 6.31. The van der Waals surface area contributed by atoms with Crippen molar-refractivity contribution in [2.75, 3.05) is 25.5 Å². The lowest BCUT2D eigenvalue weighted by Crippen LogP contribution is -2.37. The fourth-order valence-electron chi connectivity index (χ4n) is 2.62. The van der Waals surface area contributed by atoms with Gasteiger partial charge in [-0.05, 0) is 50.1 Å². The van der Waals surface area contributed by atoms with Gasteiger partial charge in [0, 0.05) is 12.2 Å². The maximum atomic E-state index is 12.5. The highest BCUT2D eigenvalue weighted by Crippen LogP contribution is 2.31. The van der Waals surface area contributed by atoms with Crippen LogP contribution in [0.15, 0.2) is 18.2 Å². The van der Waals surface area contributed by atoms with Gasteiger partial charge in [0.2, 0.25) is 5.91 Å². The molecule has 0 bridgehead atoms. The molecule has 4 heteroatoms. The minimum absolute atomic E-state index is 0.115. The van der Waals surface area contributed by atoms with Gasteiger partial charge < -0.3 is 15.4 Å². The van der Waals surface area contributed by atoms with E-state index >= 15 is 0 Å². The molecule has 1 aliphatic rings. The van der Waals surface area contributed by atoms with Crippen LogP contribution in [0.4, 0.5) is 5.69 Å². The number of nitrogens with one attached hydrogen (secondary N) is 2. The van der Waals surface area contributed by atoms with E-state index in [4.69, 9.17) is 4.74 Å². The molecule has 1 aromatic carbocycles. The number of methoxy groups -OCH3 is 1. The number of aryl methyl sites for hydroxylation is 1. The molecule has 0 saturated carbocycles. The van der Waals surface area contributed by atoms with Gasteiger partial charge in [0.15, 0.2) is 0 Å². The molecule has 0 spiro atoms. The summed E-state index contributed by atoms with van der Waals surface area (Å²) in [6.07, 6.45) is 1.77. The number of anilines is 1. The molecule has 0 aromatic heterocycles. The third-order valence-electron chi connectivity index (χ3n) is 4.05. The molecule has 1 fully saturated rings. The molecule has 1 heterocycles. The van der Waals surface area contributed by atoms with E-state index in [1.165, 1.54) is 0 Å². The van der Waals surface area contributed by atoms with Gasteiger partial charge >= 0.3 is 0 Å². The average Bonchev–Trinajstić information content (AvgIpc) is 2.89. The summed E-state index contributed by atoms with van der Waals surface area (Å²) in [4.78, 5) is 12.5. The summed E-state index contributed by atoms with van der Waals surface area (Å²) in [7, 11) is 1.65. The van der Waals surface area contributed by atoms with Crippen molar-refractivity contribution in [3.05, 3.63) is 23.8 Å². The third-order valence-corrected chi connectivity index (χ3v) is 4.05. The largest absolute Gasteiger partial charge is 0.496 e. The van der Waals surface area contributed by atoms with Crippen molar-refractivity contribution in [2.24, 2.45) is 5.41 Å². The lowest BCUT2D eigenvalue weighted by molar-refractivity contribution is -0.124. The number of amides is 1. The maximum Gasteiger partial charge on any atom is 0.231 e. The molecule has 2 N–H and O–H groups in total. The zero-order valence-corrected chi connectivity index (χ0v) is 11.9. The number of carbonyl (C=O) groups excluding carboxylic acids is 1. The lowest BCUT2D eigenvalue weighted by atomic mass is 9.83. The van der Waals surface area contributed by atoms with E-state index in [1.54, 1.807) is 7.11 Å². The van der Waals surface area contributed by atoms with Gasteiger partial charge in [-0.2, -0.15) is 0 Å². The number of rotatable bonds is 4. The standard InChI is InChI=1S/C15H22N2O2/c1-4-15(7-8-16-10-15)14(18)17-12-5-6-13(19-3)11(2)9-12/h5-6,9,16H,4,7-8,10H2,1-3H3,(H,17,18). The quantitative estimate of drug-likeness (QED) is 0.875. The van der Waals surface area contributed by atoms with Crippen LogP contribution in [-0.2, 0) is 4.79 Å². The molecular formula is C15H22N2O2. The Morgan fingerprint density at radius 3 is 2.84 bits per heavy atom. The van der Waals surface area contributed by atoms with Crippen molar-refractivity contribution in [2.45, 2.75) is 26.7 Å².